The molecular weight excluding hydrogens is 411 g/mol. The fourth-order valence-corrected chi connectivity index (χ4v) is 4.07. The van der Waals surface area contributed by atoms with Crippen LogP contribution in [-0.4, -0.2) is 47.9 Å². The van der Waals surface area contributed by atoms with Gasteiger partial charge >= 0.3 is 6.36 Å². The summed E-state index contributed by atoms with van der Waals surface area (Å²) in [5, 5.41) is 12.5. The van der Waals surface area contributed by atoms with E-state index >= 15 is 0 Å². The number of halogens is 3. The van der Waals surface area contributed by atoms with Crippen LogP contribution in [0.4, 0.5) is 13.2 Å². The van der Waals surface area contributed by atoms with Crippen LogP contribution < -0.4 is 14.8 Å². The number of likely N-dealkylation sites (tertiary alicyclic amines) is 1. The number of hydrogen-bond donors (Lipinski definition) is 1. The van der Waals surface area contributed by atoms with Gasteiger partial charge in [-0.05, 0) is 62.8 Å². The van der Waals surface area contributed by atoms with Gasteiger partial charge in [-0.3, -0.25) is 4.79 Å². The summed E-state index contributed by atoms with van der Waals surface area (Å²) in [6.45, 7) is 0.132. The SMILES string of the molecule is C#C[C@H]1CC[C@@H](C#N)N1C(=O)CNC1CCC(Oc2ccc(OC(F)(F)F)cc2)CC1. The third-order valence-electron chi connectivity index (χ3n) is 5.59. The number of hydrogen-bond acceptors (Lipinski definition) is 5. The van der Waals surface area contributed by atoms with Gasteiger partial charge < -0.3 is 19.7 Å². The van der Waals surface area contributed by atoms with Crippen LogP contribution in [0.25, 0.3) is 0 Å². The van der Waals surface area contributed by atoms with Gasteiger partial charge in [0.05, 0.1) is 24.8 Å². The molecule has 1 heterocycles. The van der Waals surface area contributed by atoms with Gasteiger partial charge in [-0.25, -0.2) is 0 Å². The number of terminal acetylenes is 1. The summed E-state index contributed by atoms with van der Waals surface area (Å²) in [6, 6.07) is 6.85. The molecule has 1 aromatic carbocycles. The molecule has 1 aromatic rings. The van der Waals surface area contributed by atoms with Crippen molar-refractivity contribution in [3.05, 3.63) is 24.3 Å². The molecular formula is C22H24F3N3O3. The molecule has 0 bridgehead atoms. The number of alkyl halides is 3. The van der Waals surface area contributed by atoms with Crippen LogP contribution in [0.15, 0.2) is 24.3 Å². The molecule has 1 saturated heterocycles. The predicted molar refractivity (Wildman–Crippen MR) is 106 cm³/mol. The van der Waals surface area contributed by atoms with Gasteiger partial charge in [0.2, 0.25) is 5.91 Å². The van der Waals surface area contributed by atoms with Gasteiger partial charge in [0, 0.05) is 6.04 Å². The summed E-state index contributed by atoms with van der Waals surface area (Å²) in [6.07, 6.45) is 5.07. The van der Waals surface area contributed by atoms with Crippen molar-refractivity contribution >= 4 is 5.91 Å². The van der Waals surface area contributed by atoms with Crippen LogP contribution in [0, 0.1) is 23.7 Å². The lowest BCUT2D eigenvalue weighted by Crippen LogP contribution is -2.47. The zero-order valence-electron chi connectivity index (χ0n) is 16.9. The number of benzene rings is 1. The van der Waals surface area contributed by atoms with Crippen molar-refractivity contribution in [3.63, 3.8) is 0 Å². The second kappa shape index (κ2) is 9.93. The highest BCUT2D eigenvalue weighted by molar-refractivity contribution is 5.80. The topological polar surface area (TPSA) is 74.6 Å². The smallest absolute Gasteiger partial charge is 0.490 e. The Hall–Kier alpha value is -2.91. The van der Waals surface area contributed by atoms with E-state index in [0.717, 1.165) is 25.7 Å². The van der Waals surface area contributed by atoms with Crippen LogP contribution >= 0.6 is 0 Å². The largest absolute Gasteiger partial charge is 0.573 e. The average Bonchev–Trinajstić information content (AvgIpc) is 3.17. The Morgan fingerprint density at radius 3 is 2.29 bits per heavy atom. The van der Waals surface area contributed by atoms with E-state index in [9.17, 15) is 23.2 Å². The maximum Gasteiger partial charge on any atom is 0.573 e. The molecule has 2 atom stereocenters. The summed E-state index contributed by atoms with van der Waals surface area (Å²) < 4.78 is 46.4. The van der Waals surface area contributed by atoms with E-state index in [1.807, 2.05) is 0 Å². The van der Waals surface area contributed by atoms with Gasteiger partial charge in [-0.1, -0.05) is 5.92 Å². The number of amides is 1. The maximum absolute atomic E-state index is 12.6. The normalized spacial score (nSPS) is 26.0. The number of nitriles is 1. The van der Waals surface area contributed by atoms with Crippen LogP contribution in [0.5, 0.6) is 11.5 Å². The van der Waals surface area contributed by atoms with E-state index in [-0.39, 0.29) is 36.4 Å². The highest BCUT2D eigenvalue weighted by Crippen LogP contribution is 2.28. The summed E-state index contributed by atoms with van der Waals surface area (Å²) in [5.74, 6) is 2.62. The number of nitrogens with zero attached hydrogens (tertiary/aromatic N) is 2. The third kappa shape index (κ3) is 6.28. The highest BCUT2D eigenvalue weighted by atomic mass is 19.4. The first-order valence-electron chi connectivity index (χ1n) is 10.2. The van der Waals surface area contributed by atoms with E-state index in [1.165, 1.54) is 29.2 Å². The van der Waals surface area contributed by atoms with Crippen molar-refractivity contribution < 1.29 is 27.4 Å². The summed E-state index contributed by atoms with van der Waals surface area (Å²) in [5.41, 5.74) is 0. The molecule has 9 heteroatoms. The van der Waals surface area contributed by atoms with E-state index in [2.05, 4.69) is 22.0 Å². The Morgan fingerprint density at radius 1 is 1.10 bits per heavy atom. The molecule has 1 aliphatic carbocycles. The van der Waals surface area contributed by atoms with Crippen molar-refractivity contribution in [2.75, 3.05) is 6.54 Å². The lowest BCUT2D eigenvalue weighted by Gasteiger charge is -2.30. The number of ether oxygens (including phenoxy) is 2. The van der Waals surface area contributed by atoms with E-state index < -0.39 is 12.4 Å². The number of carbonyl (C=O) groups excluding carboxylic acids is 1. The van der Waals surface area contributed by atoms with Gasteiger partial charge in [0.1, 0.15) is 17.5 Å². The van der Waals surface area contributed by atoms with Gasteiger partial charge in [-0.15, -0.1) is 19.6 Å². The lowest BCUT2D eigenvalue weighted by molar-refractivity contribution is -0.274. The van der Waals surface area contributed by atoms with Crippen molar-refractivity contribution in [2.45, 2.75) is 69.1 Å². The fourth-order valence-electron chi connectivity index (χ4n) is 4.07. The van der Waals surface area contributed by atoms with Gasteiger partial charge in [0.25, 0.3) is 0 Å². The second-order valence-electron chi connectivity index (χ2n) is 7.70. The zero-order chi connectivity index (χ0) is 22.4. The number of rotatable bonds is 6. The van der Waals surface area contributed by atoms with Crippen molar-refractivity contribution in [2.24, 2.45) is 0 Å². The molecule has 1 saturated carbocycles. The summed E-state index contributed by atoms with van der Waals surface area (Å²) in [7, 11) is 0. The zero-order valence-corrected chi connectivity index (χ0v) is 16.9. The van der Waals surface area contributed by atoms with Crippen LogP contribution in [0.1, 0.15) is 38.5 Å². The molecule has 31 heavy (non-hydrogen) atoms. The van der Waals surface area contributed by atoms with Crippen molar-refractivity contribution in [1.82, 2.24) is 10.2 Å². The first-order chi connectivity index (χ1) is 14.8. The first-order valence-corrected chi connectivity index (χ1v) is 10.2. The monoisotopic (exact) mass is 435 g/mol. The van der Waals surface area contributed by atoms with Crippen molar-refractivity contribution in [1.29, 1.82) is 5.26 Å². The van der Waals surface area contributed by atoms with Gasteiger partial charge in [0.15, 0.2) is 0 Å². The van der Waals surface area contributed by atoms with E-state index in [4.69, 9.17) is 11.2 Å². The molecule has 166 valence electrons. The Bertz CT molecular complexity index is 815. The summed E-state index contributed by atoms with van der Waals surface area (Å²) >= 11 is 0. The van der Waals surface area contributed by atoms with E-state index in [1.54, 1.807) is 0 Å². The fraction of sp³-hybridized carbons (Fsp3) is 0.545. The summed E-state index contributed by atoms with van der Waals surface area (Å²) in [4.78, 5) is 14.1. The first kappa shape index (κ1) is 22.8. The maximum atomic E-state index is 12.6. The predicted octanol–water partition coefficient (Wildman–Crippen LogP) is 3.38. The molecule has 1 amide bonds. The highest BCUT2D eigenvalue weighted by Gasteiger charge is 2.36. The molecule has 2 aliphatic rings. The second-order valence-corrected chi connectivity index (χ2v) is 7.70. The van der Waals surface area contributed by atoms with Crippen LogP contribution in [0.3, 0.4) is 0 Å². The Balaban J connectivity index is 1.41. The van der Waals surface area contributed by atoms with Crippen LogP contribution in [0.2, 0.25) is 0 Å². The minimum absolute atomic E-state index is 0.0458. The molecule has 6 nitrogen and oxygen atoms in total. The Morgan fingerprint density at radius 2 is 1.71 bits per heavy atom. The Kier molecular flexibility index (Phi) is 7.29. The lowest BCUT2D eigenvalue weighted by atomic mass is 9.93. The van der Waals surface area contributed by atoms with Crippen molar-refractivity contribution in [3.8, 4) is 29.9 Å². The number of carbonyl (C=O) groups is 1. The molecule has 0 aromatic heterocycles. The van der Waals surface area contributed by atoms with E-state index in [0.29, 0.717) is 18.6 Å². The minimum atomic E-state index is -4.72. The molecule has 2 fully saturated rings. The molecule has 1 N–H and O–H groups in total. The average molecular weight is 435 g/mol. The quantitative estimate of drug-likeness (QED) is 0.694. The molecule has 3 rings (SSSR count). The minimum Gasteiger partial charge on any atom is -0.490 e. The van der Waals surface area contributed by atoms with Gasteiger partial charge in [-0.2, -0.15) is 5.26 Å². The molecule has 0 unspecified atom stereocenters. The Labute approximate surface area is 179 Å². The molecule has 0 spiro atoms. The van der Waals surface area contributed by atoms with Crippen LogP contribution in [-0.2, 0) is 4.79 Å². The third-order valence-corrected chi connectivity index (χ3v) is 5.59. The number of nitrogens with one attached hydrogen (secondary N) is 1. The molecule has 1 aliphatic heterocycles. The molecule has 0 radical (unpaired) electrons. The standard InChI is InChI=1S/C22H24F3N3O3/c1-2-16-5-6-17(13-26)28(16)21(29)14-27-15-3-7-18(8-4-15)30-19-9-11-20(12-10-19)31-22(23,24)25/h1,9-12,15-18,27H,3-8,14H2/t15?,16-,17-,18?/m0/s1.